The standard InChI is InChI=1S/C11H8FN5O4/c12-7-4-2-1-3-6(7)10(18)16-15-9-8(17(20)21)11(19)14-5-13-9/h1-5H,(H,16,18)(H2,13,14,15,19). The number of hydrazine groups is 1. The molecule has 0 radical (unpaired) electrons. The fraction of sp³-hybridized carbons (Fsp3) is 0. The van der Waals surface area contributed by atoms with Crippen LogP contribution in [0.2, 0.25) is 0 Å². The number of aromatic amines is 1. The molecule has 1 heterocycles. The average Bonchev–Trinajstić information content (AvgIpc) is 2.44. The lowest BCUT2D eigenvalue weighted by atomic mass is 10.2. The van der Waals surface area contributed by atoms with E-state index >= 15 is 0 Å². The van der Waals surface area contributed by atoms with Crippen LogP contribution in [0.25, 0.3) is 0 Å². The summed E-state index contributed by atoms with van der Waals surface area (Å²) in [7, 11) is 0. The molecule has 0 saturated carbocycles. The van der Waals surface area contributed by atoms with Crippen molar-refractivity contribution in [1.82, 2.24) is 15.4 Å². The second kappa shape index (κ2) is 5.77. The van der Waals surface area contributed by atoms with Crippen molar-refractivity contribution in [3.63, 3.8) is 0 Å². The summed E-state index contributed by atoms with van der Waals surface area (Å²) in [5, 5.41) is 10.7. The maximum atomic E-state index is 13.4. The molecule has 0 saturated heterocycles. The fourth-order valence-electron chi connectivity index (χ4n) is 1.48. The number of hydrogen-bond donors (Lipinski definition) is 3. The summed E-state index contributed by atoms with van der Waals surface area (Å²) in [5.74, 6) is -2.09. The van der Waals surface area contributed by atoms with Crippen LogP contribution in [0.4, 0.5) is 15.9 Å². The minimum Gasteiger partial charge on any atom is -0.307 e. The van der Waals surface area contributed by atoms with Gasteiger partial charge < -0.3 is 4.98 Å². The van der Waals surface area contributed by atoms with Gasteiger partial charge in [-0.15, -0.1) is 0 Å². The Morgan fingerprint density at radius 1 is 1.38 bits per heavy atom. The summed E-state index contributed by atoms with van der Waals surface area (Å²) in [4.78, 5) is 38.4. The largest absolute Gasteiger partial charge is 0.377 e. The van der Waals surface area contributed by atoms with Crippen LogP contribution < -0.4 is 16.4 Å². The predicted molar refractivity (Wildman–Crippen MR) is 69.0 cm³/mol. The van der Waals surface area contributed by atoms with Crippen molar-refractivity contribution in [2.75, 3.05) is 5.43 Å². The van der Waals surface area contributed by atoms with Crippen LogP contribution in [0.5, 0.6) is 0 Å². The van der Waals surface area contributed by atoms with Gasteiger partial charge in [-0.2, -0.15) is 0 Å². The number of halogens is 1. The molecule has 2 rings (SSSR count). The Labute approximate surface area is 116 Å². The Balaban J connectivity index is 2.20. The molecule has 1 aromatic carbocycles. The first-order chi connectivity index (χ1) is 10.0. The lowest BCUT2D eigenvalue weighted by Gasteiger charge is -2.07. The van der Waals surface area contributed by atoms with Crippen LogP contribution in [-0.4, -0.2) is 20.8 Å². The molecule has 0 spiro atoms. The highest BCUT2D eigenvalue weighted by Gasteiger charge is 2.21. The number of carbonyl (C=O) groups excluding carboxylic acids is 1. The van der Waals surface area contributed by atoms with Crippen LogP contribution >= 0.6 is 0 Å². The third kappa shape index (κ3) is 3.00. The third-order valence-corrected chi connectivity index (χ3v) is 2.42. The van der Waals surface area contributed by atoms with Crippen molar-refractivity contribution < 1.29 is 14.1 Å². The van der Waals surface area contributed by atoms with E-state index in [0.717, 1.165) is 12.4 Å². The van der Waals surface area contributed by atoms with Crippen molar-refractivity contribution in [3.8, 4) is 0 Å². The van der Waals surface area contributed by atoms with Gasteiger partial charge in [0.25, 0.3) is 5.91 Å². The number of anilines is 1. The first-order valence-corrected chi connectivity index (χ1v) is 5.53. The van der Waals surface area contributed by atoms with E-state index in [1.807, 2.05) is 10.4 Å². The highest BCUT2D eigenvalue weighted by atomic mass is 19.1. The van der Waals surface area contributed by atoms with Gasteiger partial charge in [0.05, 0.1) is 16.8 Å². The molecular weight excluding hydrogens is 285 g/mol. The molecular formula is C11H8FN5O4. The number of benzene rings is 1. The number of nitrogens with one attached hydrogen (secondary N) is 3. The molecule has 3 N–H and O–H groups in total. The van der Waals surface area contributed by atoms with Crippen LogP contribution in [0, 0.1) is 15.9 Å². The number of nitro groups is 1. The monoisotopic (exact) mass is 293 g/mol. The summed E-state index contributed by atoms with van der Waals surface area (Å²) < 4.78 is 13.4. The smallest absolute Gasteiger partial charge is 0.307 e. The maximum Gasteiger partial charge on any atom is 0.377 e. The molecule has 0 bridgehead atoms. The molecule has 2 aromatic rings. The lowest BCUT2D eigenvalue weighted by Crippen LogP contribution is -2.32. The van der Waals surface area contributed by atoms with E-state index in [0.29, 0.717) is 0 Å². The number of carbonyl (C=O) groups is 1. The van der Waals surface area contributed by atoms with E-state index in [-0.39, 0.29) is 5.56 Å². The van der Waals surface area contributed by atoms with Gasteiger partial charge in [0.15, 0.2) is 0 Å². The SMILES string of the molecule is O=C(NNc1nc[nH]c(=O)c1[N+](=O)[O-])c1ccccc1F. The number of hydrogen-bond acceptors (Lipinski definition) is 6. The predicted octanol–water partition coefficient (Wildman–Crippen LogP) is 0.574. The van der Waals surface area contributed by atoms with E-state index in [1.165, 1.54) is 18.2 Å². The lowest BCUT2D eigenvalue weighted by molar-refractivity contribution is -0.385. The number of H-pyrrole nitrogens is 1. The maximum absolute atomic E-state index is 13.4. The van der Waals surface area contributed by atoms with E-state index in [4.69, 9.17) is 0 Å². The molecule has 0 aliphatic rings. The number of aromatic nitrogens is 2. The van der Waals surface area contributed by atoms with Gasteiger partial charge in [-0.25, -0.2) is 9.37 Å². The second-order valence-corrected chi connectivity index (χ2v) is 3.74. The van der Waals surface area contributed by atoms with Gasteiger partial charge in [-0.1, -0.05) is 12.1 Å². The fourth-order valence-corrected chi connectivity index (χ4v) is 1.48. The van der Waals surface area contributed by atoms with E-state index < -0.39 is 33.7 Å². The first-order valence-electron chi connectivity index (χ1n) is 5.53. The Morgan fingerprint density at radius 3 is 2.76 bits per heavy atom. The molecule has 21 heavy (non-hydrogen) atoms. The summed E-state index contributed by atoms with van der Waals surface area (Å²) in [5.41, 5.74) is 2.03. The molecule has 0 fully saturated rings. The van der Waals surface area contributed by atoms with Crippen molar-refractivity contribution in [2.24, 2.45) is 0 Å². The molecule has 0 aliphatic carbocycles. The summed E-state index contributed by atoms with van der Waals surface area (Å²) in [6.07, 6.45) is 0.924. The second-order valence-electron chi connectivity index (χ2n) is 3.74. The molecule has 108 valence electrons. The quantitative estimate of drug-likeness (QED) is 0.558. The van der Waals surface area contributed by atoms with Gasteiger partial charge in [0.1, 0.15) is 5.82 Å². The Bertz CT molecular complexity index is 760. The summed E-state index contributed by atoms with van der Waals surface area (Å²) >= 11 is 0. The van der Waals surface area contributed by atoms with Crippen LogP contribution in [0.3, 0.4) is 0 Å². The normalized spacial score (nSPS) is 9.95. The van der Waals surface area contributed by atoms with Gasteiger partial charge >= 0.3 is 11.2 Å². The molecule has 0 aliphatic heterocycles. The first kappa shape index (κ1) is 14.1. The van der Waals surface area contributed by atoms with E-state index in [2.05, 4.69) is 10.4 Å². The zero-order valence-electron chi connectivity index (χ0n) is 10.3. The molecule has 1 aromatic heterocycles. The molecule has 0 atom stereocenters. The van der Waals surface area contributed by atoms with Crippen molar-refractivity contribution in [2.45, 2.75) is 0 Å². The number of rotatable bonds is 4. The topological polar surface area (TPSA) is 130 Å². The van der Waals surface area contributed by atoms with Crippen LogP contribution in [0.15, 0.2) is 35.4 Å². The number of amides is 1. The Kier molecular flexibility index (Phi) is 3.88. The van der Waals surface area contributed by atoms with E-state index in [1.54, 1.807) is 0 Å². The van der Waals surface area contributed by atoms with Crippen LogP contribution in [0.1, 0.15) is 10.4 Å². The van der Waals surface area contributed by atoms with Crippen molar-refractivity contribution >= 4 is 17.4 Å². The molecule has 0 unspecified atom stereocenters. The highest BCUT2D eigenvalue weighted by Crippen LogP contribution is 2.13. The van der Waals surface area contributed by atoms with E-state index in [9.17, 15) is 24.1 Å². The van der Waals surface area contributed by atoms with Gasteiger partial charge in [0, 0.05) is 0 Å². The average molecular weight is 293 g/mol. The van der Waals surface area contributed by atoms with Gasteiger partial charge in [0.2, 0.25) is 5.82 Å². The molecule has 9 nitrogen and oxygen atoms in total. The van der Waals surface area contributed by atoms with Crippen molar-refractivity contribution in [3.05, 3.63) is 62.4 Å². The van der Waals surface area contributed by atoms with Gasteiger partial charge in [-0.3, -0.25) is 30.6 Å². The van der Waals surface area contributed by atoms with Crippen molar-refractivity contribution in [1.29, 1.82) is 0 Å². The Morgan fingerprint density at radius 2 is 2.10 bits per heavy atom. The molecule has 10 heteroatoms. The zero-order valence-corrected chi connectivity index (χ0v) is 10.3. The van der Waals surface area contributed by atoms with Crippen LogP contribution in [-0.2, 0) is 0 Å². The zero-order chi connectivity index (χ0) is 15.4. The number of nitrogens with zero attached hydrogens (tertiary/aromatic N) is 2. The minimum atomic E-state index is -0.988. The highest BCUT2D eigenvalue weighted by molar-refractivity contribution is 5.95. The minimum absolute atomic E-state index is 0.266. The Hall–Kier alpha value is -3.30. The molecule has 1 amide bonds. The third-order valence-electron chi connectivity index (χ3n) is 2.42. The summed E-state index contributed by atoms with van der Waals surface area (Å²) in [6.45, 7) is 0. The summed E-state index contributed by atoms with van der Waals surface area (Å²) in [6, 6.07) is 5.17. The van der Waals surface area contributed by atoms with Gasteiger partial charge in [-0.05, 0) is 12.1 Å².